The minimum Gasteiger partial charge on any atom is -0.381 e. The van der Waals surface area contributed by atoms with Crippen molar-refractivity contribution >= 4 is 0 Å². The number of hydrogen-bond acceptors (Lipinski definition) is 2. The Balaban J connectivity index is 2.12. The molecule has 0 aromatic rings. The van der Waals surface area contributed by atoms with E-state index in [1.165, 1.54) is 44.9 Å². The van der Waals surface area contributed by atoms with Crippen LogP contribution in [0.5, 0.6) is 0 Å². The van der Waals surface area contributed by atoms with Gasteiger partial charge in [-0.3, -0.25) is 0 Å². The fourth-order valence-electron chi connectivity index (χ4n) is 4.67. The van der Waals surface area contributed by atoms with Crippen molar-refractivity contribution in [2.45, 2.75) is 71.8 Å². The molecule has 0 bridgehead atoms. The summed E-state index contributed by atoms with van der Waals surface area (Å²) in [6, 6.07) is 0.683. The maximum Gasteiger partial charge on any atom is 0.0509 e. The summed E-state index contributed by atoms with van der Waals surface area (Å²) in [5, 5.41) is 3.86. The second-order valence-electron chi connectivity index (χ2n) is 7.18. The largest absolute Gasteiger partial charge is 0.381 e. The van der Waals surface area contributed by atoms with Crippen LogP contribution < -0.4 is 5.32 Å². The van der Waals surface area contributed by atoms with Crippen molar-refractivity contribution < 1.29 is 4.74 Å². The van der Waals surface area contributed by atoms with Crippen molar-refractivity contribution in [1.29, 1.82) is 0 Å². The van der Waals surface area contributed by atoms with Gasteiger partial charge in [0.25, 0.3) is 0 Å². The van der Waals surface area contributed by atoms with Crippen LogP contribution in [0.1, 0.15) is 65.7 Å². The third-order valence-electron chi connectivity index (χ3n) is 5.16. The molecule has 0 amide bonds. The normalized spacial score (nSPS) is 28.7. The molecular weight excluding hydrogens is 234 g/mol. The molecule has 1 N–H and O–H groups in total. The van der Waals surface area contributed by atoms with E-state index in [-0.39, 0.29) is 0 Å². The fourth-order valence-corrected chi connectivity index (χ4v) is 4.67. The van der Waals surface area contributed by atoms with E-state index < -0.39 is 0 Å². The Bertz CT molecular complexity index is 252. The van der Waals surface area contributed by atoms with Gasteiger partial charge in [0.1, 0.15) is 0 Å². The standard InChI is InChI=1S/C17H33NO/c1-4-18-16(15-8-7-11-19-13-15)17(12-14(2)3)9-5-6-10-17/h14-16,18H,4-13H2,1-3H3. The van der Waals surface area contributed by atoms with Gasteiger partial charge in [-0.25, -0.2) is 0 Å². The molecule has 1 saturated carbocycles. The smallest absolute Gasteiger partial charge is 0.0509 e. The van der Waals surface area contributed by atoms with Crippen molar-refractivity contribution in [3.05, 3.63) is 0 Å². The van der Waals surface area contributed by atoms with Gasteiger partial charge in [-0.05, 0) is 55.9 Å². The minimum absolute atomic E-state index is 0.551. The summed E-state index contributed by atoms with van der Waals surface area (Å²) in [7, 11) is 0. The lowest BCUT2D eigenvalue weighted by molar-refractivity contribution is 0.00255. The maximum absolute atomic E-state index is 5.78. The third-order valence-corrected chi connectivity index (χ3v) is 5.16. The van der Waals surface area contributed by atoms with Crippen molar-refractivity contribution in [2.75, 3.05) is 19.8 Å². The summed E-state index contributed by atoms with van der Waals surface area (Å²) in [5.74, 6) is 1.55. The summed E-state index contributed by atoms with van der Waals surface area (Å²) >= 11 is 0. The Labute approximate surface area is 119 Å². The summed E-state index contributed by atoms with van der Waals surface area (Å²) in [5.41, 5.74) is 0.551. The zero-order valence-corrected chi connectivity index (χ0v) is 13.2. The molecule has 0 radical (unpaired) electrons. The monoisotopic (exact) mass is 267 g/mol. The molecule has 1 saturated heterocycles. The highest BCUT2D eigenvalue weighted by Gasteiger charge is 2.44. The Morgan fingerprint density at radius 2 is 1.95 bits per heavy atom. The first-order chi connectivity index (χ1) is 9.18. The third kappa shape index (κ3) is 3.72. The summed E-state index contributed by atoms with van der Waals surface area (Å²) in [6.45, 7) is 10.1. The van der Waals surface area contributed by atoms with Crippen LogP contribution in [0.15, 0.2) is 0 Å². The molecular formula is C17H33NO. The van der Waals surface area contributed by atoms with Gasteiger partial charge in [0.05, 0.1) is 6.61 Å². The van der Waals surface area contributed by atoms with Gasteiger partial charge in [-0.1, -0.05) is 33.6 Å². The van der Waals surface area contributed by atoms with Crippen molar-refractivity contribution in [1.82, 2.24) is 5.32 Å². The van der Waals surface area contributed by atoms with E-state index in [9.17, 15) is 0 Å². The quantitative estimate of drug-likeness (QED) is 0.785. The lowest BCUT2D eigenvalue weighted by Crippen LogP contribution is -2.51. The van der Waals surface area contributed by atoms with Crippen molar-refractivity contribution in [3.8, 4) is 0 Å². The Morgan fingerprint density at radius 3 is 2.47 bits per heavy atom. The van der Waals surface area contributed by atoms with Gasteiger partial charge in [-0.15, -0.1) is 0 Å². The first-order valence-corrected chi connectivity index (χ1v) is 8.49. The van der Waals surface area contributed by atoms with Gasteiger partial charge in [-0.2, -0.15) is 0 Å². The van der Waals surface area contributed by atoms with Crippen LogP contribution in [-0.4, -0.2) is 25.8 Å². The van der Waals surface area contributed by atoms with Gasteiger partial charge < -0.3 is 10.1 Å². The number of hydrogen-bond donors (Lipinski definition) is 1. The second-order valence-corrected chi connectivity index (χ2v) is 7.18. The molecule has 2 atom stereocenters. The Kier molecular flexibility index (Phi) is 5.70. The van der Waals surface area contributed by atoms with Crippen LogP contribution in [0.25, 0.3) is 0 Å². The molecule has 2 rings (SSSR count). The van der Waals surface area contributed by atoms with Gasteiger partial charge >= 0.3 is 0 Å². The summed E-state index contributed by atoms with van der Waals surface area (Å²) in [4.78, 5) is 0. The topological polar surface area (TPSA) is 21.3 Å². The molecule has 0 aromatic heterocycles. The van der Waals surface area contributed by atoms with Crippen LogP contribution in [0.3, 0.4) is 0 Å². The summed E-state index contributed by atoms with van der Waals surface area (Å²) < 4.78 is 5.78. The molecule has 1 aliphatic heterocycles. The minimum atomic E-state index is 0.551. The molecule has 2 fully saturated rings. The molecule has 0 spiro atoms. The predicted molar refractivity (Wildman–Crippen MR) is 81.4 cm³/mol. The Hall–Kier alpha value is -0.0800. The lowest BCUT2D eigenvalue weighted by Gasteiger charge is -2.45. The van der Waals surface area contributed by atoms with Gasteiger partial charge in [0.15, 0.2) is 0 Å². The highest BCUT2D eigenvalue weighted by molar-refractivity contribution is 4.98. The lowest BCUT2D eigenvalue weighted by atomic mass is 9.67. The molecule has 19 heavy (non-hydrogen) atoms. The highest BCUT2D eigenvalue weighted by atomic mass is 16.5. The SMILES string of the molecule is CCNC(C1CCCOC1)C1(CC(C)C)CCCC1. The van der Waals surface area contributed by atoms with E-state index in [0.717, 1.165) is 31.6 Å². The van der Waals surface area contributed by atoms with Crippen LogP contribution in [-0.2, 0) is 4.74 Å². The molecule has 0 aromatic carbocycles. The van der Waals surface area contributed by atoms with E-state index in [2.05, 4.69) is 26.1 Å². The van der Waals surface area contributed by atoms with Crippen molar-refractivity contribution in [3.63, 3.8) is 0 Å². The zero-order valence-electron chi connectivity index (χ0n) is 13.2. The van der Waals surface area contributed by atoms with Crippen LogP contribution in [0.2, 0.25) is 0 Å². The number of rotatable bonds is 6. The average Bonchev–Trinajstić information content (AvgIpc) is 2.85. The van der Waals surface area contributed by atoms with E-state index in [4.69, 9.17) is 4.74 Å². The highest BCUT2D eigenvalue weighted by Crippen LogP contribution is 2.48. The number of ether oxygens (including phenoxy) is 1. The average molecular weight is 267 g/mol. The Morgan fingerprint density at radius 1 is 1.21 bits per heavy atom. The molecule has 2 unspecified atom stereocenters. The molecule has 112 valence electrons. The fraction of sp³-hybridized carbons (Fsp3) is 1.00. The molecule has 2 heteroatoms. The molecule has 1 aliphatic carbocycles. The van der Waals surface area contributed by atoms with Crippen LogP contribution >= 0.6 is 0 Å². The number of nitrogens with one attached hydrogen (secondary N) is 1. The molecule has 2 aliphatic rings. The van der Waals surface area contributed by atoms with Gasteiger partial charge in [0.2, 0.25) is 0 Å². The van der Waals surface area contributed by atoms with Crippen LogP contribution in [0, 0.1) is 17.3 Å². The first-order valence-electron chi connectivity index (χ1n) is 8.49. The van der Waals surface area contributed by atoms with Gasteiger partial charge in [0, 0.05) is 12.6 Å². The van der Waals surface area contributed by atoms with E-state index >= 15 is 0 Å². The molecule has 1 heterocycles. The van der Waals surface area contributed by atoms with E-state index in [1.54, 1.807) is 0 Å². The maximum atomic E-state index is 5.78. The zero-order chi connectivity index (χ0) is 13.7. The van der Waals surface area contributed by atoms with E-state index in [0.29, 0.717) is 11.5 Å². The van der Waals surface area contributed by atoms with Crippen LogP contribution in [0.4, 0.5) is 0 Å². The summed E-state index contributed by atoms with van der Waals surface area (Å²) in [6.07, 6.45) is 9.73. The molecule has 2 nitrogen and oxygen atoms in total. The predicted octanol–water partition coefficient (Wildman–Crippen LogP) is 4.00. The van der Waals surface area contributed by atoms with Crippen molar-refractivity contribution in [2.24, 2.45) is 17.3 Å². The van der Waals surface area contributed by atoms with E-state index in [1.807, 2.05) is 0 Å². The second kappa shape index (κ2) is 7.08. The first kappa shape index (κ1) is 15.3.